The van der Waals surface area contributed by atoms with E-state index < -0.39 is 11.9 Å². The highest BCUT2D eigenvalue weighted by Crippen LogP contribution is 2.44. The molecule has 3 rings (SSSR count). The fourth-order valence-corrected chi connectivity index (χ4v) is 3.08. The van der Waals surface area contributed by atoms with Gasteiger partial charge in [0.1, 0.15) is 16.9 Å². The molecule has 1 aromatic heterocycles. The number of aryl methyl sites for hydroxylation is 1. The molecule has 0 aliphatic heterocycles. The Hall–Kier alpha value is -2.89. The minimum Gasteiger partial charge on any atom is -0.422 e. The second-order valence-electron chi connectivity index (χ2n) is 6.27. The van der Waals surface area contributed by atoms with Crippen LogP contribution in [0.4, 0.5) is 0 Å². The quantitative estimate of drug-likeness (QED) is 0.537. The Morgan fingerprint density at radius 2 is 1.56 bits per heavy atom. The molecule has 2 aromatic carbocycles. The number of aromatic nitrogens is 2. The van der Waals surface area contributed by atoms with E-state index in [1.165, 1.54) is 13.8 Å². The highest BCUT2D eigenvalue weighted by atomic mass is 16.6. The average molecular weight is 340 g/mol. The van der Waals surface area contributed by atoms with Gasteiger partial charge >= 0.3 is 11.9 Å². The monoisotopic (exact) mass is 340 g/mol. The van der Waals surface area contributed by atoms with Crippen LogP contribution in [0.3, 0.4) is 0 Å². The van der Waals surface area contributed by atoms with Gasteiger partial charge in [0, 0.05) is 37.6 Å². The van der Waals surface area contributed by atoms with Crippen LogP contribution in [0.15, 0.2) is 24.3 Å². The predicted molar refractivity (Wildman–Crippen MR) is 94.9 cm³/mol. The molecule has 0 bridgehead atoms. The molecule has 0 amide bonds. The number of benzene rings is 2. The topological polar surface area (TPSA) is 70.4 Å². The average Bonchev–Trinajstić information content (AvgIpc) is 2.88. The molecule has 0 radical (unpaired) electrons. The van der Waals surface area contributed by atoms with Crippen molar-refractivity contribution in [1.82, 2.24) is 9.55 Å². The second kappa shape index (κ2) is 6.20. The summed E-state index contributed by atoms with van der Waals surface area (Å²) in [5.41, 5.74) is 1.35. The van der Waals surface area contributed by atoms with E-state index in [2.05, 4.69) is 0 Å². The van der Waals surface area contributed by atoms with E-state index >= 15 is 0 Å². The molecule has 25 heavy (non-hydrogen) atoms. The van der Waals surface area contributed by atoms with Gasteiger partial charge < -0.3 is 14.0 Å². The molecular formula is C19H20N2O4. The van der Waals surface area contributed by atoms with Gasteiger partial charge in [-0.15, -0.1) is 0 Å². The molecule has 3 aromatic rings. The van der Waals surface area contributed by atoms with Crippen molar-refractivity contribution in [1.29, 1.82) is 0 Å². The van der Waals surface area contributed by atoms with Gasteiger partial charge in [0.05, 0.1) is 0 Å². The van der Waals surface area contributed by atoms with Crippen LogP contribution in [-0.4, -0.2) is 21.5 Å². The first-order valence-electron chi connectivity index (χ1n) is 8.09. The first-order chi connectivity index (χ1) is 11.8. The van der Waals surface area contributed by atoms with Gasteiger partial charge in [-0.25, -0.2) is 4.98 Å². The molecule has 0 fully saturated rings. The van der Waals surface area contributed by atoms with Gasteiger partial charge in [0.25, 0.3) is 0 Å². The highest BCUT2D eigenvalue weighted by Gasteiger charge is 2.25. The lowest BCUT2D eigenvalue weighted by molar-refractivity contribution is -0.134. The third-order valence-electron chi connectivity index (χ3n) is 3.99. The van der Waals surface area contributed by atoms with Crippen molar-refractivity contribution in [2.24, 2.45) is 7.05 Å². The van der Waals surface area contributed by atoms with E-state index in [1.54, 1.807) is 0 Å². The van der Waals surface area contributed by atoms with E-state index in [0.717, 1.165) is 11.2 Å². The van der Waals surface area contributed by atoms with Gasteiger partial charge in [-0.3, -0.25) is 9.59 Å². The van der Waals surface area contributed by atoms with Gasteiger partial charge in [0.2, 0.25) is 0 Å². The molecule has 1 heterocycles. The van der Waals surface area contributed by atoms with Crippen molar-refractivity contribution in [2.75, 3.05) is 0 Å². The molecule has 6 heteroatoms. The summed E-state index contributed by atoms with van der Waals surface area (Å²) in [5, 5.41) is 1.52. The lowest BCUT2D eigenvalue weighted by Crippen LogP contribution is -2.09. The Morgan fingerprint density at radius 1 is 1.00 bits per heavy atom. The Balaban J connectivity index is 2.53. The molecule has 130 valence electrons. The summed E-state index contributed by atoms with van der Waals surface area (Å²) in [5.74, 6) is 0.524. The first kappa shape index (κ1) is 17.0. The summed E-state index contributed by atoms with van der Waals surface area (Å²) in [6.45, 7) is 6.72. The third kappa shape index (κ3) is 2.84. The fourth-order valence-electron chi connectivity index (χ4n) is 3.08. The van der Waals surface area contributed by atoms with Crippen molar-refractivity contribution >= 4 is 33.7 Å². The van der Waals surface area contributed by atoms with Crippen molar-refractivity contribution in [2.45, 2.75) is 33.6 Å². The number of fused-ring (bicyclic) bond motifs is 3. The molecule has 0 aliphatic rings. The molecule has 0 N–H and O–H groups in total. The summed E-state index contributed by atoms with van der Waals surface area (Å²) in [6.07, 6.45) is 0. The standard InChI is InChI=1S/C19H20N2O4/c1-10(2)19-20-15-13-8-6-7-9-14(13)17(24-11(3)22)18(25-12(4)23)16(15)21(19)5/h6-10H,1-5H3. The van der Waals surface area contributed by atoms with Crippen LogP contribution in [0.1, 0.15) is 39.4 Å². The summed E-state index contributed by atoms with van der Waals surface area (Å²) in [7, 11) is 1.87. The van der Waals surface area contributed by atoms with Crippen LogP contribution in [0, 0.1) is 0 Å². The second-order valence-corrected chi connectivity index (χ2v) is 6.27. The smallest absolute Gasteiger partial charge is 0.308 e. The van der Waals surface area contributed by atoms with Crippen LogP contribution >= 0.6 is 0 Å². The Labute approximate surface area is 145 Å². The third-order valence-corrected chi connectivity index (χ3v) is 3.99. The van der Waals surface area contributed by atoms with Crippen LogP contribution in [0.2, 0.25) is 0 Å². The number of nitrogens with zero attached hydrogens (tertiary/aromatic N) is 2. The molecule has 0 unspecified atom stereocenters. The molecule has 0 aliphatic carbocycles. The lowest BCUT2D eigenvalue weighted by Gasteiger charge is -2.14. The van der Waals surface area contributed by atoms with Gasteiger partial charge in [-0.1, -0.05) is 38.1 Å². The van der Waals surface area contributed by atoms with E-state index in [4.69, 9.17) is 14.5 Å². The first-order valence-corrected chi connectivity index (χ1v) is 8.09. The van der Waals surface area contributed by atoms with E-state index in [9.17, 15) is 9.59 Å². The molecule has 0 spiro atoms. The van der Waals surface area contributed by atoms with Gasteiger partial charge in [0.15, 0.2) is 11.5 Å². The van der Waals surface area contributed by atoms with Crippen molar-refractivity contribution in [3.63, 3.8) is 0 Å². The maximum absolute atomic E-state index is 11.7. The molecular weight excluding hydrogens is 320 g/mol. The van der Waals surface area contributed by atoms with Crippen molar-refractivity contribution in [3.05, 3.63) is 30.1 Å². The van der Waals surface area contributed by atoms with Crippen LogP contribution < -0.4 is 9.47 Å². The number of hydrogen-bond acceptors (Lipinski definition) is 5. The normalized spacial score (nSPS) is 11.3. The number of esters is 2. The maximum Gasteiger partial charge on any atom is 0.308 e. The van der Waals surface area contributed by atoms with Crippen molar-refractivity contribution < 1.29 is 19.1 Å². The summed E-state index contributed by atoms with van der Waals surface area (Å²) in [4.78, 5) is 28.1. The zero-order valence-electron chi connectivity index (χ0n) is 14.9. The molecule has 0 atom stereocenters. The summed E-state index contributed by atoms with van der Waals surface area (Å²) >= 11 is 0. The van der Waals surface area contributed by atoms with E-state index in [1.807, 2.05) is 49.7 Å². The Morgan fingerprint density at radius 3 is 2.12 bits per heavy atom. The molecule has 0 saturated carbocycles. The van der Waals surface area contributed by atoms with Crippen LogP contribution in [-0.2, 0) is 16.6 Å². The maximum atomic E-state index is 11.7. The molecule has 0 saturated heterocycles. The zero-order valence-corrected chi connectivity index (χ0v) is 14.9. The number of rotatable bonds is 3. The summed E-state index contributed by atoms with van der Waals surface area (Å²) in [6, 6.07) is 7.47. The highest BCUT2D eigenvalue weighted by molar-refractivity contribution is 6.12. The number of carbonyl (C=O) groups excluding carboxylic acids is 2. The van der Waals surface area contributed by atoms with Gasteiger partial charge in [-0.2, -0.15) is 0 Å². The zero-order chi connectivity index (χ0) is 18.3. The lowest BCUT2D eigenvalue weighted by atomic mass is 10.1. The number of ether oxygens (including phenoxy) is 2. The fraction of sp³-hybridized carbons (Fsp3) is 0.316. The van der Waals surface area contributed by atoms with E-state index in [0.29, 0.717) is 16.4 Å². The minimum absolute atomic E-state index is 0.179. The Bertz CT molecular complexity index is 1000. The predicted octanol–water partition coefficient (Wildman–Crippen LogP) is 3.70. The van der Waals surface area contributed by atoms with E-state index in [-0.39, 0.29) is 17.4 Å². The number of hydrogen-bond donors (Lipinski definition) is 0. The number of carbonyl (C=O) groups is 2. The summed E-state index contributed by atoms with van der Waals surface area (Å²) < 4.78 is 12.8. The molecule has 6 nitrogen and oxygen atoms in total. The number of imidazole rings is 1. The van der Waals surface area contributed by atoms with Crippen LogP contribution in [0.25, 0.3) is 21.8 Å². The van der Waals surface area contributed by atoms with Gasteiger partial charge in [-0.05, 0) is 0 Å². The largest absolute Gasteiger partial charge is 0.422 e. The Kier molecular flexibility index (Phi) is 4.20. The van der Waals surface area contributed by atoms with Crippen molar-refractivity contribution in [3.8, 4) is 11.5 Å². The minimum atomic E-state index is -0.489. The van der Waals surface area contributed by atoms with Crippen LogP contribution in [0.5, 0.6) is 11.5 Å². The SMILES string of the molecule is CC(=O)Oc1c(OC(C)=O)c2c(nc(C(C)C)n2C)c2ccccc12.